The van der Waals surface area contributed by atoms with Crippen LogP contribution in [0.2, 0.25) is 0 Å². The second-order valence-electron chi connectivity index (χ2n) is 7.46. The van der Waals surface area contributed by atoms with Crippen LogP contribution in [0.15, 0.2) is 59.7 Å². The van der Waals surface area contributed by atoms with Gasteiger partial charge in [0.15, 0.2) is 5.78 Å². The SMILES string of the molecule is CC(C)=CCc1c(O)c(CC=C(C)C)c(O)c(C(=O)/C=C/c2ccccc2)c1O. The molecule has 4 nitrogen and oxygen atoms in total. The molecule has 0 aliphatic heterocycles. The Morgan fingerprint density at radius 1 is 0.793 bits per heavy atom. The van der Waals surface area contributed by atoms with Gasteiger partial charge in [0, 0.05) is 11.1 Å². The number of aromatic hydroxyl groups is 3. The van der Waals surface area contributed by atoms with Crippen molar-refractivity contribution >= 4 is 11.9 Å². The molecule has 3 N–H and O–H groups in total. The number of benzene rings is 2. The van der Waals surface area contributed by atoms with Crippen LogP contribution >= 0.6 is 0 Å². The monoisotopic (exact) mass is 392 g/mol. The van der Waals surface area contributed by atoms with Gasteiger partial charge in [0.1, 0.15) is 22.8 Å². The Kier molecular flexibility index (Phi) is 7.43. The van der Waals surface area contributed by atoms with Gasteiger partial charge in [0.25, 0.3) is 0 Å². The van der Waals surface area contributed by atoms with Gasteiger partial charge in [-0.05, 0) is 52.2 Å². The lowest BCUT2D eigenvalue weighted by molar-refractivity contribution is 0.104. The van der Waals surface area contributed by atoms with Crippen LogP contribution in [-0.4, -0.2) is 21.1 Å². The lowest BCUT2D eigenvalue weighted by Crippen LogP contribution is -2.03. The fraction of sp³-hybridized carbons (Fsp3) is 0.240. The zero-order valence-corrected chi connectivity index (χ0v) is 17.4. The molecular formula is C25H28O4. The first kappa shape index (κ1) is 22.0. The van der Waals surface area contributed by atoms with Gasteiger partial charge in [-0.1, -0.05) is 59.7 Å². The second kappa shape index (κ2) is 9.78. The quantitative estimate of drug-likeness (QED) is 0.320. The van der Waals surface area contributed by atoms with Gasteiger partial charge in [-0.25, -0.2) is 0 Å². The summed E-state index contributed by atoms with van der Waals surface area (Å²) in [6.07, 6.45) is 7.15. The maximum absolute atomic E-state index is 12.8. The molecule has 0 heterocycles. The molecule has 0 aromatic heterocycles. The summed E-state index contributed by atoms with van der Waals surface area (Å²) in [7, 11) is 0. The first-order chi connectivity index (χ1) is 13.7. The normalized spacial score (nSPS) is 10.8. The third-order valence-corrected chi connectivity index (χ3v) is 4.52. The van der Waals surface area contributed by atoms with Gasteiger partial charge >= 0.3 is 0 Å². The van der Waals surface area contributed by atoms with E-state index in [1.165, 1.54) is 6.08 Å². The highest BCUT2D eigenvalue weighted by Crippen LogP contribution is 2.43. The summed E-state index contributed by atoms with van der Waals surface area (Å²) in [5.74, 6) is -1.48. The minimum Gasteiger partial charge on any atom is -0.507 e. The molecule has 0 aliphatic carbocycles. The summed E-state index contributed by atoms with van der Waals surface area (Å²) in [5.41, 5.74) is 3.13. The van der Waals surface area contributed by atoms with E-state index in [9.17, 15) is 20.1 Å². The average Bonchev–Trinajstić information content (AvgIpc) is 2.66. The van der Waals surface area contributed by atoms with Crippen LogP contribution < -0.4 is 0 Å². The Bertz CT molecular complexity index is 925. The Hall–Kier alpha value is -3.27. The number of hydrogen-bond acceptors (Lipinski definition) is 4. The molecule has 0 atom stereocenters. The van der Waals surface area contributed by atoms with E-state index in [2.05, 4.69) is 0 Å². The highest BCUT2D eigenvalue weighted by molar-refractivity contribution is 6.11. The van der Waals surface area contributed by atoms with E-state index in [0.29, 0.717) is 0 Å². The molecule has 29 heavy (non-hydrogen) atoms. The molecule has 2 aromatic carbocycles. The number of ketones is 1. The molecule has 0 saturated heterocycles. The summed E-state index contributed by atoms with van der Waals surface area (Å²) in [4.78, 5) is 12.8. The lowest BCUT2D eigenvalue weighted by Gasteiger charge is -2.16. The number of carbonyl (C=O) groups is 1. The van der Waals surface area contributed by atoms with Crippen LogP contribution in [0.4, 0.5) is 0 Å². The average molecular weight is 392 g/mol. The largest absolute Gasteiger partial charge is 0.507 e. The van der Waals surface area contributed by atoms with Crippen LogP contribution in [-0.2, 0) is 12.8 Å². The van der Waals surface area contributed by atoms with Crippen molar-refractivity contribution in [1.82, 2.24) is 0 Å². The maximum atomic E-state index is 12.8. The summed E-state index contributed by atoms with van der Waals surface area (Å²) >= 11 is 0. The van der Waals surface area contributed by atoms with E-state index >= 15 is 0 Å². The van der Waals surface area contributed by atoms with Gasteiger partial charge in [0.2, 0.25) is 0 Å². The van der Waals surface area contributed by atoms with E-state index in [0.717, 1.165) is 16.7 Å². The van der Waals surface area contributed by atoms with Gasteiger partial charge < -0.3 is 15.3 Å². The molecule has 0 fully saturated rings. The summed E-state index contributed by atoms with van der Waals surface area (Å²) in [6, 6.07) is 9.28. The lowest BCUT2D eigenvalue weighted by atomic mass is 9.93. The highest BCUT2D eigenvalue weighted by atomic mass is 16.3. The number of phenols is 3. The molecule has 0 aliphatic rings. The molecule has 0 radical (unpaired) electrons. The number of phenolic OH excluding ortho intramolecular Hbond substituents is 3. The van der Waals surface area contributed by atoms with Gasteiger partial charge in [-0.15, -0.1) is 0 Å². The molecule has 2 rings (SSSR count). The predicted octanol–water partition coefficient (Wildman–Crippen LogP) is 5.72. The molecule has 0 unspecified atom stereocenters. The van der Waals surface area contributed by atoms with Crippen LogP contribution in [0.3, 0.4) is 0 Å². The fourth-order valence-electron chi connectivity index (χ4n) is 2.87. The minimum atomic E-state index is -0.527. The zero-order chi connectivity index (χ0) is 21.6. The first-order valence-electron chi connectivity index (χ1n) is 9.55. The highest BCUT2D eigenvalue weighted by Gasteiger charge is 2.25. The van der Waals surface area contributed by atoms with Gasteiger partial charge in [-0.2, -0.15) is 0 Å². The Balaban J connectivity index is 2.59. The molecule has 0 spiro atoms. The van der Waals surface area contributed by atoms with Crippen molar-refractivity contribution in [1.29, 1.82) is 0 Å². The van der Waals surface area contributed by atoms with E-state index in [1.54, 1.807) is 6.08 Å². The van der Waals surface area contributed by atoms with Crippen molar-refractivity contribution < 1.29 is 20.1 Å². The third kappa shape index (κ3) is 5.61. The maximum Gasteiger partial charge on any atom is 0.193 e. The van der Waals surface area contributed by atoms with Crippen molar-refractivity contribution in [2.75, 3.05) is 0 Å². The van der Waals surface area contributed by atoms with E-state index in [1.807, 2.05) is 70.2 Å². The number of hydrogen-bond donors (Lipinski definition) is 3. The zero-order valence-electron chi connectivity index (χ0n) is 17.4. The molecule has 4 heteroatoms. The fourth-order valence-corrected chi connectivity index (χ4v) is 2.87. The minimum absolute atomic E-state index is 0.182. The summed E-state index contributed by atoms with van der Waals surface area (Å²) in [5, 5.41) is 32.1. The van der Waals surface area contributed by atoms with E-state index < -0.39 is 5.78 Å². The van der Waals surface area contributed by atoms with Crippen LogP contribution in [0.5, 0.6) is 17.2 Å². The standard InChI is InChI=1S/C25H28O4/c1-16(2)10-13-19-23(27)20(14-11-17(3)4)25(29)22(24(19)28)21(26)15-12-18-8-6-5-7-9-18/h5-12,15,27-29H,13-14H2,1-4H3/b15-12+. The Morgan fingerprint density at radius 3 is 1.72 bits per heavy atom. The molecule has 0 amide bonds. The summed E-state index contributed by atoms with van der Waals surface area (Å²) in [6.45, 7) is 7.64. The second-order valence-corrected chi connectivity index (χ2v) is 7.46. The topological polar surface area (TPSA) is 77.8 Å². The predicted molar refractivity (Wildman–Crippen MR) is 118 cm³/mol. The van der Waals surface area contributed by atoms with E-state index in [4.69, 9.17) is 0 Å². The van der Waals surface area contributed by atoms with Gasteiger partial charge in [0.05, 0.1) is 0 Å². The molecular weight excluding hydrogens is 364 g/mol. The van der Waals surface area contributed by atoms with Crippen molar-refractivity contribution in [3.05, 3.63) is 82.0 Å². The third-order valence-electron chi connectivity index (χ3n) is 4.52. The Morgan fingerprint density at radius 2 is 1.28 bits per heavy atom. The van der Waals surface area contributed by atoms with Crippen LogP contribution in [0.1, 0.15) is 54.7 Å². The Labute approximate surface area is 172 Å². The molecule has 2 aromatic rings. The van der Waals surface area contributed by atoms with Gasteiger partial charge in [-0.3, -0.25) is 4.79 Å². The molecule has 0 saturated carbocycles. The van der Waals surface area contributed by atoms with Crippen LogP contribution in [0.25, 0.3) is 6.08 Å². The number of rotatable bonds is 7. The van der Waals surface area contributed by atoms with Crippen molar-refractivity contribution in [3.8, 4) is 17.2 Å². The van der Waals surface area contributed by atoms with Crippen LogP contribution in [0, 0.1) is 0 Å². The van der Waals surface area contributed by atoms with Crippen molar-refractivity contribution in [3.63, 3.8) is 0 Å². The number of carbonyl (C=O) groups excluding carboxylic acids is 1. The van der Waals surface area contributed by atoms with Crippen molar-refractivity contribution in [2.24, 2.45) is 0 Å². The molecule has 152 valence electrons. The van der Waals surface area contributed by atoms with Crippen molar-refractivity contribution in [2.45, 2.75) is 40.5 Å². The summed E-state index contributed by atoms with van der Waals surface area (Å²) < 4.78 is 0. The first-order valence-corrected chi connectivity index (χ1v) is 9.55. The number of allylic oxidation sites excluding steroid dienone is 5. The van der Waals surface area contributed by atoms with E-state index in [-0.39, 0.29) is 46.8 Å². The molecule has 0 bridgehead atoms. The smallest absolute Gasteiger partial charge is 0.193 e.